The van der Waals surface area contributed by atoms with Crippen molar-refractivity contribution in [2.75, 3.05) is 0 Å². The van der Waals surface area contributed by atoms with Gasteiger partial charge in [-0.2, -0.15) is 0 Å². The van der Waals surface area contributed by atoms with Crippen molar-refractivity contribution in [2.24, 2.45) is 0 Å². The maximum Gasteiger partial charge on any atom is 0.349 e. The predicted octanol–water partition coefficient (Wildman–Crippen LogP) is 4.85. The summed E-state index contributed by atoms with van der Waals surface area (Å²) in [6, 6.07) is 18.2. The van der Waals surface area contributed by atoms with Crippen molar-refractivity contribution in [3.05, 3.63) is 121 Å². The Morgan fingerprint density at radius 2 is 1.25 bits per heavy atom. The lowest BCUT2D eigenvalue weighted by Crippen LogP contribution is -2.21. The number of hydrogen-bond donors (Lipinski definition) is 0. The Morgan fingerprint density at radius 1 is 0.781 bits per heavy atom. The van der Waals surface area contributed by atoms with Crippen LogP contribution in [0, 0.1) is 26.0 Å². The topological polar surface area (TPSA) is 105 Å². The second-order valence-electron chi connectivity index (χ2n) is 6.67. The molecule has 0 unspecified atom stereocenters. The first kappa shape index (κ1) is 22.9. The summed E-state index contributed by atoms with van der Waals surface area (Å²) in [5.41, 5.74) is 3.05. The summed E-state index contributed by atoms with van der Waals surface area (Å²) in [7, 11) is -2.58. The lowest BCUT2D eigenvalue weighted by molar-refractivity contribution is -0.385. The van der Waals surface area contributed by atoms with E-state index in [0.717, 1.165) is 0 Å². The van der Waals surface area contributed by atoms with Gasteiger partial charge < -0.3 is 8.85 Å². The number of benzene rings is 3. The van der Waals surface area contributed by atoms with Gasteiger partial charge in [0.05, 0.1) is 34.2 Å². The third kappa shape index (κ3) is 6.38. The third-order valence-corrected chi connectivity index (χ3v) is 6.00. The van der Waals surface area contributed by atoms with Crippen molar-refractivity contribution in [2.45, 2.75) is 13.2 Å². The molecular weight excluding hydrogens is 435 g/mol. The molecule has 10 heteroatoms. The molecule has 0 heterocycles. The van der Waals surface area contributed by atoms with Crippen molar-refractivity contribution in [1.82, 2.24) is 0 Å². The highest BCUT2D eigenvalue weighted by atomic mass is 28.3. The number of hydrogen-bond acceptors (Lipinski definition) is 6. The van der Waals surface area contributed by atoms with E-state index in [2.05, 4.69) is 0 Å². The first-order valence-corrected chi connectivity index (χ1v) is 11.2. The summed E-state index contributed by atoms with van der Waals surface area (Å²) < 4.78 is 24.9. The van der Waals surface area contributed by atoms with Gasteiger partial charge in [0.1, 0.15) is 5.82 Å². The van der Waals surface area contributed by atoms with Crippen LogP contribution in [-0.4, -0.2) is 19.1 Å². The van der Waals surface area contributed by atoms with Gasteiger partial charge >= 0.3 is 9.28 Å². The smallest absolute Gasteiger partial charge is 0.349 e. The molecule has 0 aliphatic carbocycles. The van der Waals surface area contributed by atoms with Crippen LogP contribution < -0.4 is 0 Å². The average Bonchev–Trinajstić information content (AvgIpc) is 2.80. The number of para-hydroxylation sites is 2. The van der Waals surface area contributed by atoms with Crippen molar-refractivity contribution >= 4 is 26.7 Å². The summed E-state index contributed by atoms with van der Waals surface area (Å²) in [5.74, 6) is -0.365. The van der Waals surface area contributed by atoms with Crippen LogP contribution in [0.4, 0.5) is 15.8 Å². The fourth-order valence-corrected chi connectivity index (χ4v) is 4.27. The van der Waals surface area contributed by atoms with Crippen LogP contribution in [0.3, 0.4) is 0 Å². The van der Waals surface area contributed by atoms with Crippen LogP contribution in [0.1, 0.15) is 16.7 Å². The van der Waals surface area contributed by atoms with Crippen LogP contribution in [0.15, 0.2) is 78.5 Å². The number of nitro groups is 2. The van der Waals surface area contributed by atoms with E-state index in [9.17, 15) is 24.6 Å². The molecule has 0 N–H and O–H groups in total. The van der Waals surface area contributed by atoms with Gasteiger partial charge in [0, 0.05) is 12.1 Å². The van der Waals surface area contributed by atoms with Gasteiger partial charge in [-0.15, -0.1) is 0 Å². The van der Waals surface area contributed by atoms with Crippen molar-refractivity contribution in [3.63, 3.8) is 0 Å². The van der Waals surface area contributed by atoms with Gasteiger partial charge in [0.15, 0.2) is 0 Å². The third-order valence-electron chi connectivity index (χ3n) is 4.50. The maximum absolute atomic E-state index is 13.1. The van der Waals surface area contributed by atoms with Crippen LogP contribution in [0.5, 0.6) is 0 Å². The lowest BCUT2D eigenvalue weighted by atomic mass is 10.2. The van der Waals surface area contributed by atoms with Crippen molar-refractivity contribution < 1.29 is 23.1 Å². The van der Waals surface area contributed by atoms with E-state index in [-0.39, 0.29) is 30.4 Å². The van der Waals surface area contributed by atoms with Gasteiger partial charge in [-0.1, -0.05) is 42.5 Å². The second kappa shape index (κ2) is 11.0. The van der Waals surface area contributed by atoms with Crippen molar-refractivity contribution in [3.8, 4) is 0 Å². The van der Waals surface area contributed by atoms with E-state index in [1.807, 2.05) is 0 Å². The molecule has 164 valence electrons. The molecule has 0 atom stereocenters. The molecule has 0 bridgehead atoms. The number of nitrogens with zero attached hydrogens (tertiary/aromatic N) is 2. The molecule has 3 rings (SSSR count). The SMILES string of the molecule is O=[N+]([O-])c1ccccc1CO[SiH](C=Cc1ccc(F)cc1)OCc1ccccc1[N+](=O)[O-]. The minimum absolute atomic E-state index is 0.0569. The van der Waals surface area contributed by atoms with Crippen LogP contribution in [-0.2, 0) is 22.1 Å². The molecule has 0 aliphatic heterocycles. The molecule has 0 aromatic heterocycles. The summed E-state index contributed by atoms with van der Waals surface area (Å²) in [6.07, 6.45) is 1.70. The highest BCUT2D eigenvalue weighted by molar-refractivity contribution is 6.51. The average molecular weight is 454 g/mol. The Hall–Kier alpha value is -3.73. The van der Waals surface area contributed by atoms with Crippen LogP contribution in [0.2, 0.25) is 0 Å². The standard InChI is InChI=1S/C22H19FN2O6Si/c23-20-11-9-17(10-12-20)13-14-32(30-15-18-5-1-3-7-21(18)24(26)27)31-16-19-6-2-4-8-22(19)25(28)29/h1-14,32H,15-16H2. The molecule has 32 heavy (non-hydrogen) atoms. The maximum atomic E-state index is 13.1. The molecule has 8 nitrogen and oxygen atoms in total. The van der Waals surface area contributed by atoms with Crippen LogP contribution in [0.25, 0.3) is 6.08 Å². The van der Waals surface area contributed by atoms with E-state index in [1.165, 1.54) is 24.3 Å². The Bertz CT molecular complexity index is 1060. The normalized spacial score (nSPS) is 11.2. The molecule has 0 amide bonds. The summed E-state index contributed by atoms with van der Waals surface area (Å²) in [5, 5.41) is 22.5. The van der Waals surface area contributed by atoms with Crippen LogP contribution >= 0.6 is 0 Å². The van der Waals surface area contributed by atoms with E-state index in [0.29, 0.717) is 16.7 Å². The molecule has 0 spiro atoms. The van der Waals surface area contributed by atoms with Gasteiger partial charge in [-0.25, -0.2) is 4.39 Å². The number of nitro benzene ring substituents is 2. The highest BCUT2D eigenvalue weighted by Crippen LogP contribution is 2.21. The minimum atomic E-state index is -2.58. The summed E-state index contributed by atoms with van der Waals surface area (Å²) in [4.78, 5) is 21.5. The lowest BCUT2D eigenvalue weighted by Gasteiger charge is -2.14. The van der Waals surface area contributed by atoms with Gasteiger partial charge in [-0.05, 0) is 35.5 Å². The van der Waals surface area contributed by atoms with E-state index < -0.39 is 19.1 Å². The minimum Gasteiger partial charge on any atom is -0.389 e. The molecule has 0 fully saturated rings. The van der Waals surface area contributed by atoms with Gasteiger partial charge in [-0.3, -0.25) is 20.2 Å². The zero-order valence-corrected chi connectivity index (χ0v) is 18.0. The molecule has 3 aromatic rings. The number of halogens is 1. The quantitative estimate of drug-likeness (QED) is 0.246. The Labute approximate surface area is 184 Å². The fraction of sp³-hybridized carbons (Fsp3) is 0.0909. The summed E-state index contributed by atoms with van der Waals surface area (Å²) >= 11 is 0. The fourth-order valence-electron chi connectivity index (χ4n) is 2.89. The predicted molar refractivity (Wildman–Crippen MR) is 118 cm³/mol. The first-order valence-electron chi connectivity index (χ1n) is 9.55. The largest absolute Gasteiger partial charge is 0.389 e. The summed E-state index contributed by atoms with van der Waals surface area (Å²) in [6.45, 7) is -0.114. The molecule has 3 aromatic carbocycles. The molecule has 0 saturated carbocycles. The van der Waals surface area contributed by atoms with Gasteiger partial charge in [0.2, 0.25) is 0 Å². The number of rotatable bonds is 10. The Balaban J connectivity index is 1.77. The Kier molecular flexibility index (Phi) is 7.92. The second-order valence-corrected chi connectivity index (χ2v) is 8.46. The zero-order valence-electron chi connectivity index (χ0n) is 16.8. The van der Waals surface area contributed by atoms with E-state index in [1.54, 1.807) is 60.3 Å². The first-order chi connectivity index (χ1) is 15.4. The van der Waals surface area contributed by atoms with Gasteiger partial charge in [0.25, 0.3) is 11.4 Å². The molecular formula is C22H19FN2O6Si. The Morgan fingerprint density at radius 3 is 1.72 bits per heavy atom. The monoisotopic (exact) mass is 454 g/mol. The van der Waals surface area contributed by atoms with E-state index in [4.69, 9.17) is 8.85 Å². The van der Waals surface area contributed by atoms with Crippen molar-refractivity contribution in [1.29, 1.82) is 0 Å². The molecule has 0 radical (unpaired) electrons. The molecule has 0 aliphatic rings. The van der Waals surface area contributed by atoms with E-state index >= 15 is 0 Å². The zero-order chi connectivity index (χ0) is 22.9. The molecule has 0 saturated heterocycles. The highest BCUT2D eigenvalue weighted by Gasteiger charge is 2.18.